The second kappa shape index (κ2) is 7.28. The molecule has 0 bridgehead atoms. The van der Waals surface area contributed by atoms with Crippen LogP contribution in [0.3, 0.4) is 0 Å². The van der Waals surface area contributed by atoms with Gasteiger partial charge >= 0.3 is 0 Å². The number of aryl methyl sites for hydroxylation is 1. The number of aliphatic hydroxyl groups excluding tert-OH is 1. The molecule has 1 heterocycles. The normalized spacial score (nSPS) is 18.2. The first-order valence-electron chi connectivity index (χ1n) is 9.19. The minimum Gasteiger partial charge on any atom is -0.508 e. The molecule has 3 aromatic rings. The SMILES string of the molecule is Cc1ccc(C2/C(=C(/O)c3ccccc3)C(=O)C(=O)N2c2ccc(O)cc2)cc1. The molecule has 144 valence electrons. The molecule has 0 aliphatic carbocycles. The van der Waals surface area contributed by atoms with Crippen molar-refractivity contribution in [3.8, 4) is 5.75 Å². The standard InChI is InChI=1S/C24H19NO4/c1-15-7-9-16(10-8-15)21-20(22(27)17-5-3-2-4-6-17)23(28)24(29)25(21)18-11-13-19(26)14-12-18/h2-14,21,26-27H,1H3/b22-20-. The Kier molecular flexibility index (Phi) is 4.64. The van der Waals surface area contributed by atoms with Crippen LogP contribution in [0.15, 0.2) is 84.4 Å². The Morgan fingerprint density at radius 2 is 1.48 bits per heavy atom. The molecular weight excluding hydrogens is 366 g/mol. The van der Waals surface area contributed by atoms with Gasteiger partial charge in [-0.05, 0) is 36.8 Å². The summed E-state index contributed by atoms with van der Waals surface area (Å²) in [7, 11) is 0. The summed E-state index contributed by atoms with van der Waals surface area (Å²) in [6.45, 7) is 1.95. The number of hydrogen-bond acceptors (Lipinski definition) is 4. The lowest BCUT2D eigenvalue weighted by molar-refractivity contribution is -0.132. The van der Waals surface area contributed by atoms with Crippen LogP contribution in [-0.4, -0.2) is 21.9 Å². The topological polar surface area (TPSA) is 77.8 Å². The largest absolute Gasteiger partial charge is 0.508 e. The lowest BCUT2D eigenvalue weighted by Crippen LogP contribution is -2.29. The number of phenolic OH excluding ortho intramolecular Hbond substituents is 1. The summed E-state index contributed by atoms with van der Waals surface area (Å²) in [6, 6.07) is 21.5. The second-order valence-corrected chi connectivity index (χ2v) is 6.96. The Morgan fingerprint density at radius 1 is 0.862 bits per heavy atom. The van der Waals surface area contributed by atoms with Gasteiger partial charge in [0, 0.05) is 11.3 Å². The lowest BCUT2D eigenvalue weighted by atomic mass is 9.94. The van der Waals surface area contributed by atoms with Crippen LogP contribution >= 0.6 is 0 Å². The van der Waals surface area contributed by atoms with Crippen LogP contribution in [0.5, 0.6) is 5.75 Å². The predicted molar refractivity (Wildman–Crippen MR) is 111 cm³/mol. The van der Waals surface area contributed by atoms with Gasteiger partial charge in [-0.2, -0.15) is 0 Å². The highest BCUT2D eigenvalue weighted by Crippen LogP contribution is 2.42. The summed E-state index contributed by atoms with van der Waals surface area (Å²) in [6.07, 6.45) is 0. The number of aliphatic hydroxyl groups is 1. The van der Waals surface area contributed by atoms with Gasteiger partial charge in [0.1, 0.15) is 11.5 Å². The summed E-state index contributed by atoms with van der Waals surface area (Å²) >= 11 is 0. The van der Waals surface area contributed by atoms with E-state index in [4.69, 9.17) is 0 Å². The Labute approximate surface area is 168 Å². The molecule has 1 unspecified atom stereocenters. The molecule has 1 aliphatic heterocycles. The van der Waals surface area contributed by atoms with E-state index in [0.717, 1.165) is 5.56 Å². The molecule has 5 heteroatoms. The van der Waals surface area contributed by atoms with Gasteiger partial charge in [0.2, 0.25) is 0 Å². The van der Waals surface area contributed by atoms with Crippen molar-refractivity contribution in [2.24, 2.45) is 0 Å². The zero-order chi connectivity index (χ0) is 20.5. The van der Waals surface area contributed by atoms with E-state index in [-0.39, 0.29) is 17.1 Å². The maximum atomic E-state index is 13.0. The van der Waals surface area contributed by atoms with Gasteiger partial charge in [0.15, 0.2) is 0 Å². The van der Waals surface area contributed by atoms with Crippen LogP contribution in [0.4, 0.5) is 5.69 Å². The molecule has 4 rings (SSSR count). The number of hydrogen-bond donors (Lipinski definition) is 2. The Bertz CT molecular complexity index is 1100. The number of benzene rings is 3. The Morgan fingerprint density at radius 3 is 2.10 bits per heavy atom. The first-order chi connectivity index (χ1) is 14.0. The summed E-state index contributed by atoms with van der Waals surface area (Å²) in [5.41, 5.74) is 2.72. The van der Waals surface area contributed by atoms with Crippen molar-refractivity contribution in [3.63, 3.8) is 0 Å². The number of rotatable bonds is 3. The van der Waals surface area contributed by atoms with Crippen LogP contribution < -0.4 is 4.90 Å². The molecule has 0 spiro atoms. The van der Waals surface area contributed by atoms with Crippen molar-refractivity contribution in [3.05, 3.63) is 101 Å². The summed E-state index contributed by atoms with van der Waals surface area (Å²) in [4.78, 5) is 27.3. The molecule has 5 nitrogen and oxygen atoms in total. The van der Waals surface area contributed by atoms with E-state index < -0.39 is 17.7 Å². The number of amides is 1. The van der Waals surface area contributed by atoms with E-state index in [9.17, 15) is 19.8 Å². The minimum atomic E-state index is -0.777. The average molecular weight is 385 g/mol. The van der Waals surface area contributed by atoms with Crippen molar-refractivity contribution in [2.45, 2.75) is 13.0 Å². The molecule has 2 N–H and O–H groups in total. The predicted octanol–water partition coefficient (Wildman–Crippen LogP) is 4.33. The first kappa shape index (κ1) is 18.5. The van der Waals surface area contributed by atoms with Crippen LogP contribution in [0, 0.1) is 6.92 Å². The van der Waals surface area contributed by atoms with Crippen LogP contribution in [0.2, 0.25) is 0 Å². The zero-order valence-electron chi connectivity index (χ0n) is 15.7. The third kappa shape index (κ3) is 3.27. The fraction of sp³-hybridized carbons (Fsp3) is 0.0833. The molecule has 1 saturated heterocycles. The van der Waals surface area contributed by atoms with Crippen molar-refractivity contribution < 1.29 is 19.8 Å². The number of nitrogens with zero attached hydrogens (tertiary/aromatic N) is 1. The van der Waals surface area contributed by atoms with E-state index >= 15 is 0 Å². The molecule has 29 heavy (non-hydrogen) atoms. The van der Waals surface area contributed by atoms with Gasteiger partial charge in [0.25, 0.3) is 11.7 Å². The third-order valence-electron chi connectivity index (χ3n) is 5.01. The van der Waals surface area contributed by atoms with Crippen LogP contribution in [0.25, 0.3) is 5.76 Å². The highest BCUT2D eigenvalue weighted by atomic mass is 16.3. The summed E-state index contributed by atoms with van der Waals surface area (Å²) in [5.74, 6) is -1.62. The quantitative estimate of drug-likeness (QED) is 0.400. The number of carbonyl (C=O) groups is 2. The molecule has 0 saturated carbocycles. The maximum Gasteiger partial charge on any atom is 0.300 e. The zero-order valence-corrected chi connectivity index (χ0v) is 15.7. The van der Waals surface area contributed by atoms with Crippen molar-refractivity contribution in [1.29, 1.82) is 0 Å². The minimum absolute atomic E-state index is 0.0399. The fourth-order valence-corrected chi connectivity index (χ4v) is 3.53. The molecule has 0 radical (unpaired) electrons. The van der Waals surface area contributed by atoms with Gasteiger partial charge < -0.3 is 10.2 Å². The number of anilines is 1. The van der Waals surface area contributed by atoms with Gasteiger partial charge in [-0.1, -0.05) is 60.2 Å². The molecule has 1 aliphatic rings. The molecule has 0 aromatic heterocycles. The smallest absolute Gasteiger partial charge is 0.300 e. The van der Waals surface area contributed by atoms with Crippen LogP contribution in [-0.2, 0) is 9.59 Å². The van der Waals surface area contributed by atoms with Crippen molar-refractivity contribution in [1.82, 2.24) is 0 Å². The summed E-state index contributed by atoms with van der Waals surface area (Å²) in [5, 5.41) is 20.5. The molecular formula is C24H19NO4. The van der Waals surface area contributed by atoms with Crippen molar-refractivity contribution >= 4 is 23.1 Å². The van der Waals surface area contributed by atoms with Gasteiger partial charge in [-0.15, -0.1) is 0 Å². The van der Waals surface area contributed by atoms with Crippen molar-refractivity contribution in [2.75, 3.05) is 4.90 Å². The monoisotopic (exact) mass is 385 g/mol. The average Bonchev–Trinajstić information content (AvgIpc) is 3.00. The molecule has 1 fully saturated rings. The fourth-order valence-electron chi connectivity index (χ4n) is 3.53. The number of aromatic hydroxyl groups is 1. The Hall–Kier alpha value is -3.86. The number of carbonyl (C=O) groups excluding carboxylic acids is 2. The van der Waals surface area contributed by atoms with E-state index in [0.29, 0.717) is 16.8 Å². The highest BCUT2D eigenvalue weighted by molar-refractivity contribution is 6.51. The van der Waals surface area contributed by atoms with Gasteiger partial charge in [-0.25, -0.2) is 0 Å². The first-order valence-corrected chi connectivity index (χ1v) is 9.19. The highest BCUT2D eigenvalue weighted by Gasteiger charge is 2.46. The Balaban J connectivity index is 1.94. The molecule has 1 amide bonds. The van der Waals surface area contributed by atoms with Gasteiger partial charge in [0.05, 0.1) is 11.6 Å². The molecule has 3 aromatic carbocycles. The molecule has 1 atom stereocenters. The van der Waals surface area contributed by atoms with E-state index in [2.05, 4.69) is 0 Å². The number of ketones is 1. The van der Waals surface area contributed by atoms with Crippen LogP contribution in [0.1, 0.15) is 22.7 Å². The van der Waals surface area contributed by atoms with Gasteiger partial charge in [-0.3, -0.25) is 14.5 Å². The maximum absolute atomic E-state index is 13.0. The lowest BCUT2D eigenvalue weighted by Gasteiger charge is -2.25. The van der Waals surface area contributed by atoms with E-state index in [1.165, 1.54) is 17.0 Å². The number of Topliss-reactive ketones (excluding diaryl/α,β-unsaturated/α-hetero) is 1. The van der Waals surface area contributed by atoms with E-state index in [1.807, 2.05) is 37.3 Å². The summed E-state index contributed by atoms with van der Waals surface area (Å²) < 4.78 is 0. The second-order valence-electron chi connectivity index (χ2n) is 6.96. The third-order valence-corrected chi connectivity index (χ3v) is 5.01. The number of phenols is 1. The van der Waals surface area contributed by atoms with E-state index in [1.54, 1.807) is 36.4 Å².